The van der Waals surface area contributed by atoms with Crippen molar-refractivity contribution in [3.8, 4) is 11.5 Å². The zero-order valence-corrected chi connectivity index (χ0v) is 19.8. The van der Waals surface area contributed by atoms with Gasteiger partial charge in [-0.3, -0.25) is 19.8 Å². The first-order chi connectivity index (χ1) is 16.4. The third-order valence-corrected chi connectivity index (χ3v) is 6.10. The summed E-state index contributed by atoms with van der Waals surface area (Å²) in [6, 6.07) is 12.3. The molecule has 0 saturated carbocycles. The van der Waals surface area contributed by atoms with Gasteiger partial charge in [-0.05, 0) is 56.7 Å². The number of fused-ring (bicyclic) bond motifs is 1. The molecule has 4 rings (SSSR count). The maximum absolute atomic E-state index is 13.4. The molecular formula is C24H24N4O5S. The maximum Gasteiger partial charge on any atom is 0.321 e. The number of benzene rings is 2. The highest BCUT2D eigenvalue weighted by molar-refractivity contribution is 8.15. The lowest BCUT2D eigenvalue weighted by atomic mass is 10.1. The molecule has 0 radical (unpaired) electrons. The molecule has 2 N–H and O–H groups in total. The van der Waals surface area contributed by atoms with Crippen LogP contribution in [0.15, 0.2) is 53.2 Å². The number of amidine groups is 1. The van der Waals surface area contributed by atoms with E-state index in [9.17, 15) is 14.4 Å². The number of nitrogens with zero attached hydrogens (tertiary/aromatic N) is 2. The number of rotatable bonds is 5. The molecule has 0 saturated heterocycles. The van der Waals surface area contributed by atoms with E-state index in [0.29, 0.717) is 28.9 Å². The fourth-order valence-corrected chi connectivity index (χ4v) is 4.21. The monoisotopic (exact) mass is 480 g/mol. The fourth-order valence-electron chi connectivity index (χ4n) is 3.29. The summed E-state index contributed by atoms with van der Waals surface area (Å²) in [6.45, 7) is 5.92. The first kappa shape index (κ1) is 23.4. The van der Waals surface area contributed by atoms with Crippen LogP contribution in [0.3, 0.4) is 0 Å². The fraction of sp³-hybridized carbons (Fsp3) is 0.250. The quantitative estimate of drug-likeness (QED) is 0.635. The van der Waals surface area contributed by atoms with Crippen molar-refractivity contribution < 1.29 is 23.9 Å². The van der Waals surface area contributed by atoms with Gasteiger partial charge >= 0.3 is 6.03 Å². The lowest BCUT2D eigenvalue weighted by molar-refractivity contribution is -0.119. The van der Waals surface area contributed by atoms with Crippen LogP contribution in [0.4, 0.5) is 10.5 Å². The number of nitrogens with one attached hydrogen (secondary N) is 2. The van der Waals surface area contributed by atoms with Crippen molar-refractivity contribution in [1.29, 1.82) is 0 Å². The van der Waals surface area contributed by atoms with E-state index in [2.05, 4.69) is 15.6 Å². The molecule has 0 fully saturated rings. The third-order valence-electron chi connectivity index (χ3n) is 5.05. The average Bonchev–Trinajstić information content (AvgIpc) is 3.39. The van der Waals surface area contributed by atoms with Crippen LogP contribution in [-0.2, 0) is 9.59 Å². The van der Waals surface area contributed by atoms with E-state index in [1.54, 1.807) is 32.1 Å². The Morgan fingerprint density at radius 2 is 1.91 bits per heavy atom. The molecule has 176 valence electrons. The Morgan fingerprint density at radius 3 is 2.65 bits per heavy atom. The Labute approximate surface area is 201 Å². The van der Waals surface area contributed by atoms with Gasteiger partial charge in [0.2, 0.25) is 12.7 Å². The lowest BCUT2D eigenvalue weighted by Crippen LogP contribution is -2.43. The minimum Gasteiger partial charge on any atom is -0.454 e. The summed E-state index contributed by atoms with van der Waals surface area (Å²) in [7, 11) is 0. The van der Waals surface area contributed by atoms with Crippen LogP contribution in [0, 0.1) is 6.92 Å². The van der Waals surface area contributed by atoms with Crippen molar-refractivity contribution >= 4 is 46.5 Å². The molecule has 4 amide bonds. The molecule has 9 nitrogen and oxygen atoms in total. The van der Waals surface area contributed by atoms with Crippen molar-refractivity contribution in [1.82, 2.24) is 10.6 Å². The highest BCUT2D eigenvalue weighted by Crippen LogP contribution is 2.35. The van der Waals surface area contributed by atoms with Crippen molar-refractivity contribution in [2.24, 2.45) is 4.99 Å². The Bertz CT molecular complexity index is 1190. The number of hydrogen-bond donors (Lipinski definition) is 2. The second-order valence-corrected chi connectivity index (χ2v) is 8.93. The molecule has 0 spiro atoms. The number of ether oxygens (including phenoxy) is 2. The van der Waals surface area contributed by atoms with Gasteiger partial charge in [-0.15, -0.1) is 0 Å². The number of imide groups is 1. The largest absolute Gasteiger partial charge is 0.454 e. The van der Waals surface area contributed by atoms with Gasteiger partial charge in [-0.2, -0.15) is 0 Å². The molecule has 0 aliphatic carbocycles. The topological polar surface area (TPSA) is 109 Å². The second kappa shape index (κ2) is 10.0. The Balaban J connectivity index is 1.62. The summed E-state index contributed by atoms with van der Waals surface area (Å²) in [5, 5.41) is 4.49. The Morgan fingerprint density at radius 1 is 1.18 bits per heavy atom. The Kier molecular flexibility index (Phi) is 6.87. The summed E-state index contributed by atoms with van der Waals surface area (Å²) < 4.78 is 10.8. The van der Waals surface area contributed by atoms with Crippen LogP contribution < -0.4 is 25.0 Å². The molecule has 10 heteroatoms. The summed E-state index contributed by atoms with van der Waals surface area (Å²) in [5.41, 5.74) is 2.63. The van der Waals surface area contributed by atoms with E-state index in [0.717, 1.165) is 22.9 Å². The molecule has 2 aliphatic rings. The van der Waals surface area contributed by atoms with Crippen molar-refractivity contribution in [3.63, 3.8) is 0 Å². The van der Waals surface area contributed by atoms with Gasteiger partial charge in [0.1, 0.15) is 5.70 Å². The number of anilines is 1. The highest BCUT2D eigenvalue weighted by atomic mass is 32.2. The van der Waals surface area contributed by atoms with Gasteiger partial charge in [-0.1, -0.05) is 35.5 Å². The van der Waals surface area contributed by atoms with Gasteiger partial charge in [0.15, 0.2) is 16.7 Å². The lowest BCUT2D eigenvalue weighted by Gasteiger charge is -2.20. The molecule has 2 aromatic carbocycles. The van der Waals surface area contributed by atoms with E-state index in [-0.39, 0.29) is 18.4 Å². The Hall–Kier alpha value is -3.79. The normalized spacial score (nSPS) is 16.4. The maximum atomic E-state index is 13.4. The van der Waals surface area contributed by atoms with Gasteiger partial charge < -0.3 is 14.8 Å². The number of carbonyl (C=O) groups is 3. The summed E-state index contributed by atoms with van der Waals surface area (Å²) >= 11 is 1.10. The predicted octanol–water partition coefficient (Wildman–Crippen LogP) is 3.43. The molecular weight excluding hydrogens is 456 g/mol. The number of aliphatic imine (C=N–C) groups is 1. The molecule has 0 aromatic heterocycles. The van der Waals surface area contributed by atoms with Crippen molar-refractivity contribution in [3.05, 3.63) is 59.3 Å². The van der Waals surface area contributed by atoms with Crippen LogP contribution in [0.1, 0.15) is 25.0 Å². The average molecular weight is 481 g/mol. The SMILES string of the molecule is CCNC(=O)NC(=O)C(C)SC1=N/C(=C\c2ccc3c(c2)OCO3)C(=O)N1c1ccc(C)cc1. The van der Waals surface area contributed by atoms with E-state index < -0.39 is 17.2 Å². The van der Waals surface area contributed by atoms with E-state index in [1.165, 1.54) is 4.90 Å². The summed E-state index contributed by atoms with van der Waals surface area (Å²) in [6.07, 6.45) is 1.67. The minimum atomic E-state index is -0.674. The van der Waals surface area contributed by atoms with Crippen molar-refractivity contribution in [2.45, 2.75) is 26.0 Å². The standard InChI is InChI=1S/C24H24N4O5S/c1-4-25-23(31)27-21(29)15(3)34-24-26-18(11-16-7-10-19-20(12-16)33-13-32-19)22(30)28(24)17-8-5-14(2)6-9-17/h5-12,15H,4,13H2,1-3H3,(H2,25,27,29,31)/b18-11-. The van der Waals surface area contributed by atoms with Crippen LogP contribution in [-0.4, -0.2) is 41.6 Å². The number of amides is 4. The van der Waals surface area contributed by atoms with Gasteiger partial charge in [0, 0.05) is 6.54 Å². The van der Waals surface area contributed by atoms with E-state index in [4.69, 9.17) is 9.47 Å². The molecule has 0 bridgehead atoms. The summed E-state index contributed by atoms with van der Waals surface area (Å²) in [4.78, 5) is 43.6. The van der Waals surface area contributed by atoms with Crippen molar-refractivity contribution in [2.75, 3.05) is 18.2 Å². The van der Waals surface area contributed by atoms with Crippen LogP contribution in [0.2, 0.25) is 0 Å². The molecule has 2 aromatic rings. The first-order valence-corrected chi connectivity index (χ1v) is 11.6. The first-order valence-electron chi connectivity index (χ1n) is 10.7. The third kappa shape index (κ3) is 5.07. The zero-order chi connectivity index (χ0) is 24.2. The number of aryl methyl sites for hydroxylation is 1. The smallest absolute Gasteiger partial charge is 0.321 e. The molecule has 1 unspecified atom stereocenters. The minimum absolute atomic E-state index is 0.157. The zero-order valence-electron chi connectivity index (χ0n) is 19.0. The van der Waals surface area contributed by atoms with Crippen LogP contribution in [0.5, 0.6) is 11.5 Å². The number of thioether (sulfide) groups is 1. The van der Waals surface area contributed by atoms with Crippen LogP contribution >= 0.6 is 11.8 Å². The molecule has 34 heavy (non-hydrogen) atoms. The van der Waals surface area contributed by atoms with Crippen LogP contribution in [0.25, 0.3) is 6.08 Å². The number of urea groups is 1. The van der Waals surface area contributed by atoms with E-state index >= 15 is 0 Å². The number of hydrogen-bond acceptors (Lipinski definition) is 7. The molecule has 2 aliphatic heterocycles. The van der Waals surface area contributed by atoms with E-state index in [1.807, 2.05) is 37.3 Å². The van der Waals surface area contributed by atoms with Gasteiger partial charge in [-0.25, -0.2) is 9.79 Å². The summed E-state index contributed by atoms with van der Waals surface area (Å²) in [5.74, 6) is 0.445. The molecule has 1 atom stereocenters. The second-order valence-electron chi connectivity index (χ2n) is 7.62. The number of carbonyl (C=O) groups excluding carboxylic acids is 3. The molecule has 2 heterocycles. The van der Waals surface area contributed by atoms with Gasteiger partial charge in [0.25, 0.3) is 5.91 Å². The predicted molar refractivity (Wildman–Crippen MR) is 131 cm³/mol. The van der Waals surface area contributed by atoms with Gasteiger partial charge in [0.05, 0.1) is 10.9 Å². The highest BCUT2D eigenvalue weighted by Gasteiger charge is 2.34.